The van der Waals surface area contributed by atoms with E-state index in [4.69, 9.17) is 0 Å². The van der Waals surface area contributed by atoms with Crippen molar-refractivity contribution >= 4 is 53.5 Å². The molecule has 0 aliphatic carbocycles. The summed E-state index contributed by atoms with van der Waals surface area (Å²) < 4.78 is 1.51. The molecule has 0 atom stereocenters. The molecule has 0 aromatic heterocycles. The van der Waals surface area contributed by atoms with Gasteiger partial charge in [-0.15, -0.1) is 0 Å². The first kappa shape index (κ1) is 12.5. The van der Waals surface area contributed by atoms with Crippen molar-refractivity contribution in [2.75, 3.05) is 0 Å². The molecule has 0 radical (unpaired) electrons. The van der Waals surface area contributed by atoms with E-state index < -0.39 is 5.03 Å². The molecule has 0 amide bonds. The standard InChI is InChI=1S/C6H2Br3N3O3/c7-3-1-4(8)6(5(9)2-3)11(13)10-12(14)15/h1-2H. The second-order valence-electron chi connectivity index (χ2n) is 2.32. The maximum absolute atomic E-state index is 11.2. The van der Waals surface area contributed by atoms with Gasteiger partial charge in [-0.2, -0.15) is 0 Å². The van der Waals surface area contributed by atoms with Crippen molar-refractivity contribution < 1.29 is 9.89 Å². The minimum absolute atomic E-state index is 0.0369. The highest BCUT2D eigenvalue weighted by atomic mass is 79.9. The van der Waals surface area contributed by atoms with Gasteiger partial charge in [-0.1, -0.05) is 15.9 Å². The summed E-state index contributed by atoms with van der Waals surface area (Å²) in [7, 11) is 0. The largest absolute Gasteiger partial charge is 0.590 e. The zero-order chi connectivity index (χ0) is 11.6. The van der Waals surface area contributed by atoms with Crippen LogP contribution in [0.25, 0.3) is 0 Å². The molecule has 0 N–H and O–H groups in total. The molecule has 0 unspecified atom stereocenters. The van der Waals surface area contributed by atoms with Crippen LogP contribution in [0.15, 0.2) is 30.8 Å². The Morgan fingerprint density at radius 3 is 2.00 bits per heavy atom. The first-order valence-electron chi connectivity index (χ1n) is 3.39. The van der Waals surface area contributed by atoms with Crippen LogP contribution in [0.2, 0.25) is 0 Å². The number of nitro groups is 1. The van der Waals surface area contributed by atoms with E-state index >= 15 is 0 Å². The topological polar surface area (TPSA) is 81.6 Å². The molecule has 0 heterocycles. The number of hydrogen-bond acceptors (Lipinski definition) is 3. The first-order chi connectivity index (χ1) is 6.91. The van der Waals surface area contributed by atoms with Crippen molar-refractivity contribution in [1.82, 2.24) is 0 Å². The number of hydrogen-bond donors (Lipinski definition) is 0. The highest BCUT2D eigenvalue weighted by Crippen LogP contribution is 2.36. The van der Waals surface area contributed by atoms with Crippen molar-refractivity contribution in [1.29, 1.82) is 0 Å². The van der Waals surface area contributed by atoms with Crippen molar-refractivity contribution in [3.05, 3.63) is 40.9 Å². The van der Waals surface area contributed by atoms with Crippen LogP contribution in [0, 0.1) is 15.3 Å². The average Bonchev–Trinajstić information content (AvgIpc) is 1.99. The lowest BCUT2D eigenvalue weighted by Gasteiger charge is -2.01. The lowest BCUT2D eigenvalue weighted by molar-refractivity contribution is -0.642. The molecule has 80 valence electrons. The Labute approximate surface area is 109 Å². The van der Waals surface area contributed by atoms with Crippen molar-refractivity contribution in [3.8, 4) is 0 Å². The second kappa shape index (κ2) is 4.99. The highest BCUT2D eigenvalue weighted by molar-refractivity contribution is 9.11. The van der Waals surface area contributed by atoms with Gasteiger partial charge in [-0.25, -0.2) is 10.1 Å². The van der Waals surface area contributed by atoms with E-state index in [1.807, 2.05) is 0 Å². The monoisotopic (exact) mass is 401 g/mol. The number of benzene rings is 1. The predicted octanol–water partition coefficient (Wildman–Crippen LogP) is 3.76. The van der Waals surface area contributed by atoms with Crippen LogP contribution >= 0.6 is 47.8 Å². The van der Waals surface area contributed by atoms with Crippen LogP contribution in [0.3, 0.4) is 0 Å². The van der Waals surface area contributed by atoms with E-state index in [-0.39, 0.29) is 10.5 Å². The van der Waals surface area contributed by atoms with Gasteiger partial charge < -0.3 is 5.21 Å². The molecular formula is C6H2Br3N3O3. The van der Waals surface area contributed by atoms with Crippen LogP contribution in [0.4, 0.5) is 5.69 Å². The minimum atomic E-state index is -1.06. The van der Waals surface area contributed by atoms with Crippen LogP contribution in [-0.4, -0.2) is 9.89 Å². The Hall–Kier alpha value is -0.540. The van der Waals surface area contributed by atoms with E-state index in [1.54, 1.807) is 12.1 Å². The van der Waals surface area contributed by atoms with Gasteiger partial charge in [0, 0.05) is 9.33 Å². The smallest absolute Gasteiger partial charge is 0.349 e. The molecule has 15 heavy (non-hydrogen) atoms. The molecule has 0 spiro atoms. The molecule has 0 saturated carbocycles. The summed E-state index contributed by atoms with van der Waals surface area (Å²) in [6.07, 6.45) is 0. The predicted molar refractivity (Wildman–Crippen MR) is 62.3 cm³/mol. The number of halogens is 3. The highest BCUT2D eigenvalue weighted by Gasteiger charge is 2.19. The van der Waals surface area contributed by atoms with E-state index in [0.717, 1.165) is 4.47 Å². The van der Waals surface area contributed by atoms with Crippen molar-refractivity contribution in [2.24, 2.45) is 5.22 Å². The third-order valence-electron chi connectivity index (χ3n) is 1.33. The normalized spacial score (nSPS) is 11.5. The van der Waals surface area contributed by atoms with Crippen LogP contribution in [0.5, 0.6) is 0 Å². The number of nitrogens with zero attached hydrogens (tertiary/aromatic N) is 3. The van der Waals surface area contributed by atoms with E-state index in [0.29, 0.717) is 8.95 Å². The van der Waals surface area contributed by atoms with Crippen LogP contribution in [-0.2, 0) is 0 Å². The quantitative estimate of drug-likeness (QED) is 0.326. The lowest BCUT2D eigenvalue weighted by atomic mass is 10.3. The molecule has 0 fully saturated rings. The van der Waals surface area contributed by atoms with Gasteiger partial charge in [0.15, 0.2) is 0 Å². The fourth-order valence-corrected chi connectivity index (χ4v) is 3.39. The summed E-state index contributed by atoms with van der Waals surface area (Å²) in [6, 6.07) is 3.17. The average molecular weight is 404 g/mol. The molecule has 1 aromatic rings. The van der Waals surface area contributed by atoms with Crippen molar-refractivity contribution in [3.63, 3.8) is 0 Å². The van der Waals surface area contributed by atoms with Crippen LogP contribution in [0.1, 0.15) is 0 Å². The van der Waals surface area contributed by atoms with Gasteiger partial charge in [-0.3, -0.25) is 0 Å². The Morgan fingerprint density at radius 1 is 1.13 bits per heavy atom. The van der Waals surface area contributed by atoms with E-state index in [9.17, 15) is 15.3 Å². The fraction of sp³-hybridized carbons (Fsp3) is 0. The minimum Gasteiger partial charge on any atom is -0.590 e. The summed E-state index contributed by atoms with van der Waals surface area (Å²) in [5.74, 6) is 0. The zero-order valence-electron chi connectivity index (χ0n) is 6.85. The van der Waals surface area contributed by atoms with Gasteiger partial charge in [0.05, 0.1) is 8.95 Å². The third-order valence-corrected chi connectivity index (χ3v) is 2.99. The zero-order valence-corrected chi connectivity index (χ0v) is 11.6. The molecule has 0 saturated heterocycles. The Bertz CT molecular complexity index is 425. The number of rotatable bonds is 2. The molecule has 0 aliphatic rings. The maximum atomic E-state index is 11.2. The van der Waals surface area contributed by atoms with Crippen LogP contribution < -0.4 is 0 Å². The molecule has 9 heteroatoms. The molecule has 1 aromatic carbocycles. The molecule has 0 bridgehead atoms. The first-order valence-corrected chi connectivity index (χ1v) is 5.77. The summed E-state index contributed by atoms with van der Waals surface area (Å²) in [6.45, 7) is 0. The Morgan fingerprint density at radius 2 is 1.60 bits per heavy atom. The third kappa shape index (κ3) is 3.21. The van der Waals surface area contributed by atoms with Gasteiger partial charge in [0.2, 0.25) is 0 Å². The summed E-state index contributed by atoms with van der Waals surface area (Å²) >= 11 is 9.41. The summed E-state index contributed by atoms with van der Waals surface area (Å²) in [5, 5.41) is 22.8. The Balaban J connectivity index is 3.32. The summed E-state index contributed by atoms with van der Waals surface area (Å²) in [5.41, 5.74) is 0.0369. The van der Waals surface area contributed by atoms with Gasteiger partial charge in [-0.05, 0) is 44.0 Å². The van der Waals surface area contributed by atoms with Gasteiger partial charge in [0.1, 0.15) is 0 Å². The maximum Gasteiger partial charge on any atom is 0.349 e. The molecule has 0 aliphatic heterocycles. The van der Waals surface area contributed by atoms with Crippen molar-refractivity contribution in [2.45, 2.75) is 0 Å². The lowest BCUT2D eigenvalue weighted by Crippen LogP contribution is -1.98. The van der Waals surface area contributed by atoms with E-state index in [2.05, 4.69) is 53.0 Å². The fourth-order valence-electron chi connectivity index (χ4n) is 0.828. The molecular weight excluding hydrogens is 402 g/mol. The van der Waals surface area contributed by atoms with Gasteiger partial charge >= 0.3 is 5.22 Å². The van der Waals surface area contributed by atoms with E-state index in [1.165, 1.54) is 0 Å². The molecule has 1 rings (SSSR count). The molecule has 6 nitrogen and oxygen atoms in total. The Kier molecular flexibility index (Phi) is 4.17. The summed E-state index contributed by atoms with van der Waals surface area (Å²) in [4.78, 5) is 9.96. The van der Waals surface area contributed by atoms with Gasteiger partial charge in [0.25, 0.3) is 10.7 Å². The SMILES string of the molecule is O=[N+]([O-])N=[N+]([O-])c1c(Br)cc(Br)cc1Br. The second-order valence-corrected chi connectivity index (χ2v) is 4.94.